The lowest BCUT2D eigenvalue weighted by atomic mass is 10.1. The summed E-state index contributed by atoms with van der Waals surface area (Å²) in [7, 11) is 0. The van der Waals surface area contributed by atoms with Crippen LogP contribution in [0, 0.1) is 21.4 Å². The highest BCUT2D eigenvalue weighted by Crippen LogP contribution is 2.29. The van der Waals surface area contributed by atoms with Crippen molar-refractivity contribution in [2.24, 2.45) is 0 Å². The van der Waals surface area contributed by atoms with E-state index in [1.807, 2.05) is 6.07 Å². The van der Waals surface area contributed by atoms with Gasteiger partial charge in [0.1, 0.15) is 16.7 Å². The van der Waals surface area contributed by atoms with E-state index in [1.54, 1.807) is 12.1 Å². The second kappa shape index (κ2) is 6.03. The number of nitriles is 1. The van der Waals surface area contributed by atoms with Crippen LogP contribution in [-0.2, 0) is 0 Å². The molecule has 0 bridgehead atoms. The summed E-state index contributed by atoms with van der Waals surface area (Å²) in [6, 6.07) is 12.4. The van der Waals surface area contributed by atoms with Crippen LogP contribution in [0.1, 0.15) is 15.9 Å². The van der Waals surface area contributed by atoms with Crippen LogP contribution in [0.5, 0.6) is 0 Å². The van der Waals surface area contributed by atoms with E-state index in [-0.39, 0.29) is 21.8 Å². The fraction of sp³-hybridized carbons (Fsp3) is 0. The third-order valence-corrected chi connectivity index (χ3v) is 3.01. The van der Waals surface area contributed by atoms with E-state index in [0.717, 1.165) is 0 Å². The molecule has 0 aliphatic heterocycles. The van der Waals surface area contributed by atoms with Gasteiger partial charge in [-0.25, -0.2) is 0 Å². The Labute approximate surface area is 124 Å². The van der Waals surface area contributed by atoms with Crippen LogP contribution >= 0.6 is 11.6 Å². The normalized spacial score (nSPS) is 9.71. The van der Waals surface area contributed by atoms with Gasteiger partial charge in [-0.1, -0.05) is 29.8 Å². The van der Waals surface area contributed by atoms with E-state index >= 15 is 0 Å². The van der Waals surface area contributed by atoms with Crippen LogP contribution in [0.4, 0.5) is 11.4 Å². The predicted molar refractivity (Wildman–Crippen MR) is 77.2 cm³/mol. The Morgan fingerprint density at radius 2 is 1.95 bits per heavy atom. The quantitative estimate of drug-likeness (QED) is 0.694. The maximum absolute atomic E-state index is 12.2. The summed E-state index contributed by atoms with van der Waals surface area (Å²) in [6.45, 7) is 0. The maximum atomic E-state index is 12.2. The van der Waals surface area contributed by atoms with Gasteiger partial charge in [0.2, 0.25) is 0 Å². The first kappa shape index (κ1) is 14.5. The summed E-state index contributed by atoms with van der Waals surface area (Å²) in [5.41, 5.74) is -0.0962. The molecule has 0 aliphatic carbocycles. The number of amides is 1. The number of hydrogen-bond donors (Lipinski definition) is 1. The lowest BCUT2D eigenvalue weighted by molar-refractivity contribution is -0.385. The Morgan fingerprint density at radius 3 is 2.62 bits per heavy atom. The molecule has 0 saturated carbocycles. The molecule has 0 saturated heterocycles. The van der Waals surface area contributed by atoms with Gasteiger partial charge < -0.3 is 5.32 Å². The molecular formula is C14H8ClN3O3. The number of nitrogens with zero attached hydrogens (tertiary/aromatic N) is 2. The Morgan fingerprint density at radius 1 is 1.24 bits per heavy atom. The SMILES string of the molecule is N#Cc1ccccc1NC(=O)c1cccc(Cl)c1[N+](=O)[O-]. The second-order valence-corrected chi connectivity index (χ2v) is 4.41. The Hall–Kier alpha value is -2.91. The smallest absolute Gasteiger partial charge is 0.300 e. The number of nitro groups is 1. The van der Waals surface area contributed by atoms with E-state index in [0.29, 0.717) is 0 Å². The van der Waals surface area contributed by atoms with Gasteiger partial charge in [-0.05, 0) is 24.3 Å². The van der Waals surface area contributed by atoms with Gasteiger partial charge in [-0.3, -0.25) is 14.9 Å². The van der Waals surface area contributed by atoms with Crippen molar-refractivity contribution in [2.45, 2.75) is 0 Å². The first-order chi connectivity index (χ1) is 10.0. The largest absolute Gasteiger partial charge is 0.321 e. The van der Waals surface area contributed by atoms with Gasteiger partial charge in [0, 0.05) is 0 Å². The minimum Gasteiger partial charge on any atom is -0.321 e. The van der Waals surface area contributed by atoms with Gasteiger partial charge in [-0.15, -0.1) is 0 Å². The van der Waals surface area contributed by atoms with Crippen LogP contribution in [-0.4, -0.2) is 10.8 Å². The number of carbonyl (C=O) groups is 1. The van der Waals surface area contributed by atoms with Crippen LogP contribution in [0.2, 0.25) is 5.02 Å². The van der Waals surface area contributed by atoms with Crippen LogP contribution < -0.4 is 5.32 Å². The average Bonchev–Trinajstić information content (AvgIpc) is 2.47. The fourth-order valence-corrected chi connectivity index (χ4v) is 2.01. The zero-order valence-corrected chi connectivity index (χ0v) is 11.3. The van der Waals surface area contributed by atoms with Crippen molar-refractivity contribution in [1.82, 2.24) is 0 Å². The van der Waals surface area contributed by atoms with Gasteiger partial charge in [-0.2, -0.15) is 5.26 Å². The van der Waals surface area contributed by atoms with E-state index in [9.17, 15) is 14.9 Å². The van der Waals surface area contributed by atoms with Crippen molar-refractivity contribution >= 4 is 28.9 Å². The van der Waals surface area contributed by atoms with Crippen molar-refractivity contribution < 1.29 is 9.72 Å². The summed E-state index contributed by atoms with van der Waals surface area (Å²) in [5.74, 6) is -0.702. The maximum Gasteiger partial charge on any atom is 0.300 e. The lowest BCUT2D eigenvalue weighted by Gasteiger charge is -2.07. The van der Waals surface area contributed by atoms with Crippen LogP contribution in [0.3, 0.4) is 0 Å². The van der Waals surface area contributed by atoms with E-state index in [1.165, 1.54) is 30.3 Å². The Bertz CT molecular complexity index is 768. The summed E-state index contributed by atoms with van der Waals surface area (Å²) < 4.78 is 0. The van der Waals surface area contributed by atoms with Gasteiger partial charge in [0.25, 0.3) is 5.91 Å². The zero-order chi connectivity index (χ0) is 15.4. The minimum atomic E-state index is -0.715. The monoisotopic (exact) mass is 301 g/mol. The molecule has 1 N–H and O–H groups in total. The molecule has 7 heteroatoms. The van der Waals surface area contributed by atoms with Crippen molar-refractivity contribution in [3.05, 3.63) is 68.7 Å². The molecule has 2 aromatic rings. The highest BCUT2D eigenvalue weighted by Gasteiger charge is 2.23. The molecule has 0 radical (unpaired) electrons. The predicted octanol–water partition coefficient (Wildman–Crippen LogP) is 3.37. The molecule has 0 aliphatic rings. The third-order valence-electron chi connectivity index (χ3n) is 2.71. The van der Waals surface area contributed by atoms with Crippen molar-refractivity contribution in [3.8, 4) is 6.07 Å². The number of nitro benzene ring substituents is 1. The topological polar surface area (TPSA) is 96.0 Å². The number of anilines is 1. The summed E-state index contributed by atoms with van der Waals surface area (Å²) in [6.07, 6.45) is 0. The van der Waals surface area contributed by atoms with Crippen LogP contribution in [0.25, 0.3) is 0 Å². The molecule has 0 atom stereocenters. The van der Waals surface area contributed by atoms with Crippen LogP contribution in [0.15, 0.2) is 42.5 Å². The van der Waals surface area contributed by atoms with Crippen molar-refractivity contribution in [1.29, 1.82) is 5.26 Å². The van der Waals surface area contributed by atoms with Crippen molar-refractivity contribution in [2.75, 3.05) is 5.32 Å². The second-order valence-electron chi connectivity index (χ2n) is 4.00. The number of para-hydroxylation sites is 2. The molecule has 0 unspecified atom stereocenters. The van der Waals surface area contributed by atoms with E-state index in [4.69, 9.17) is 16.9 Å². The molecule has 21 heavy (non-hydrogen) atoms. The molecular weight excluding hydrogens is 294 g/mol. The summed E-state index contributed by atoms with van der Waals surface area (Å²) in [5, 5.41) is 22.3. The van der Waals surface area contributed by atoms with Crippen molar-refractivity contribution in [3.63, 3.8) is 0 Å². The molecule has 1 amide bonds. The average molecular weight is 302 g/mol. The summed E-state index contributed by atoms with van der Waals surface area (Å²) in [4.78, 5) is 22.5. The fourth-order valence-electron chi connectivity index (χ4n) is 1.76. The number of hydrogen-bond acceptors (Lipinski definition) is 4. The first-order valence-corrected chi connectivity index (χ1v) is 6.15. The molecule has 0 fully saturated rings. The third kappa shape index (κ3) is 2.99. The molecule has 6 nitrogen and oxygen atoms in total. The highest BCUT2D eigenvalue weighted by molar-refractivity contribution is 6.33. The number of halogens is 1. The molecule has 2 rings (SSSR count). The molecule has 0 heterocycles. The number of carbonyl (C=O) groups excluding carboxylic acids is 1. The summed E-state index contributed by atoms with van der Waals surface area (Å²) >= 11 is 5.76. The molecule has 2 aromatic carbocycles. The van der Waals surface area contributed by atoms with E-state index < -0.39 is 16.5 Å². The molecule has 0 spiro atoms. The highest BCUT2D eigenvalue weighted by atomic mass is 35.5. The Balaban J connectivity index is 2.41. The van der Waals surface area contributed by atoms with E-state index in [2.05, 4.69) is 5.32 Å². The molecule has 104 valence electrons. The zero-order valence-electron chi connectivity index (χ0n) is 10.5. The number of nitrogens with one attached hydrogen (secondary N) is 1. The van der Waals surface area contributed by atoms with Gasteiger partial charge in [0.05, 0.1) is 16.2 Å². The Kier molecular flexibility index (Phi) is 4.16. The van der Waals surface area contributed by atoms with Gasteiger partial charge >= 0.3 is 5.69 Å². The minimum absolute atomic E-state index is 0.124. The lowest BCUT2D eigenvalue weighted by Crippen LogP contribution is -2.15. The molecule has 0 aromatic heterocycles. The number of benzene rings is 2. The van der Waals surface area contributed by atoms with Gasteiger partial charge in [0.15, 0.2) is 0 Å². The number of rotatable bonds is 3. The standard InChI is InChI=1S/C14H8ClN3O3/c15-11-6-3-5-10(13(11)18(20)21)14(19)17-12-7-2-1-4-9(12)8-16/h1-7H,(H,17,19). The first-order valence-electron chi connectivity index (χ1n) is 5.78.